The number of nitrogens with one attached hydrogen (secondary N) is 1. The van der Waals surface area contributed by atoms with Crippen molar-refractivity contribution in [2.24, 2.45) is 10.5 Å². The van der Waals surface area contributed by atoms with Crippen LogP contribution in [-0.2, 0) is 14.4 Å². The van der Waals surface area contributed by atoms with Gasteiger partial charge in [0.25, 0.3) is 0 Å². The summed E-state index contributed by atoms with van der Waals surface area (Å²) < 4.78 is 1.95. The summed E-state index contributed by atoms with van der Waals surface area (Å²) in [6.07, 6.45) is -0.0762. The van der Waals surface area contributed by atoms with Gasteiger partial charge in [0.2, 0.25) is 5.91 Å². The van der Waals surface area contributed by atoms with Crippen LogP contribution in [0.15, 0.2) is 4.58 Å². The van der Waals surface area contributed by atoms with Gasteiger partial charge in [0.05, 0.1) is 12.0 Å². The average molecular weight is 288 g/mol. The predicted octanol–water partition coefficient (Wildman–Crippen LogP) is 1.12. The number of piperidine rings is 1. The molecule has 2 N–H and O–H groups in total. The van der Waals surface area contributed by atoms with Gasteiger partial charge >= 0.3 is 5.97 Å². The Kier molecular flexibility index (Phi) is 5.04. The molecule has 0 aliphatic carbocycles. The van der Waals surface area contributed by atoms with Crippen molar-refractivity contribution in [2.75, 3.05) is 0 Å². The molecule has 0 bridgehead atoms. The maximum Gasteiger partial charge on any atom is 0.303 e. The molecule has 1 heterocycles. The Morgan fingerprint density at radius 3 is 2.68 bits per heavy atom. The second-order valence-corrected chi connectivity index (χ2v) is 6.37. The lowest BCUT2D eigenvalue weighted by atomic mass is 9.83. The molecule has 1 aliphatic rings. The lowest BCUT2D eigenvalue weighted by Crippen LogP contribution is -2.54. The molecule has 0 radical (unpaired) electrons. The number of aliphatic carboxylic acids is 1. The van der Waals surface area contributed by atoms with Crippen LogP contribution in [0.3, 0.4) is 0 Å². The van der Waals surface area contributed by atoms with Crippen molar-refractivity contribution >= 4 is 29.6 Å². The number of carboxylic acids is 1. The molecule has 0 aromatic heterocycles. The minimum Gasteiger partial charge on any atom is -0.481 e. The van der Waals surface area contributed by atoms with E-state index in [1.54, 1.807) is 13.8 Å². The summed E-state index contributed by atoms with van der Waals surface area (Å²) >= 11 is 0.728. The molecule has 8 heteroatoms. The number of nitroso groups, excluding NO2 is 1. The van der Waals surface area contributed by atoms with Crippen molar-refractivity contribution in [3.8, 4) is 0 Å². The molecule has 1 fully saturated rings. The van der Waals surface area contributed by atoms with Gasteiger partial charge in [-0.3, -0.25) is 14.4 Å². The fraction of sp³-hybridized carbons (Fsp3) is 0.727. The first-order valence-electron chi connectivity index (χ1n) is 5.83. The number of hydrogen-bond acceptors (Lipinski definition) is 6. The van der Waals surface area contributed by atoms with Gasteiger partial charge in [0.1, 0.15) is 0 Å². The summed E-state index contributed by atoms with van der Waals surface area (Å²) in [5.41, 5.74) is 0. The monoisotopic (exact) mass is 288 g/mol. The molecule has 0 aromatic carbocycles. The number of hydrogen-bond donors (Lipinski definition) is 2. The lowest BCUT2D eigenvalue weighted by Gasteiger charge is -2.35. The highest BCUT2D eigenvalue weighted by atomic mass is 32.2. The Balaban J connectivity index is 2.70. The molecule has 2 atom stereocenters. The van der Waals surface area contributed by atoms with E-state index in [0.717, 1.165) is 11.9 Å². The highest BCUT2D eigenvalue weighted by Gasteiger charge is 2.43. The fourth-order valence-electron chi connectivity index (χ4n) is 2.01. The Morgan fingerprint density at radius 1 is 1.53 bits per heavy atom. The van der Waals surface area contributed by atoms with Crippen molar-refractivity contribution in [1.29, 1.82) is 0 Å². The second kappa shape index (κ2) is 6.14. The van der Waals surface area contributed by atoms with Crippen LogP contribution in [0.5, 0.6) is 0 Å². The van der Waals surface area contributed by atoms with Gasteiger partial charge in [-0.1, -0.05) is 0 Å². The van der Waals surface area contributed by atoms with Crippen molar-refractivity contribution in [3.05, 3.63) is 4.91 Å². The molecule has 0 aromatic rings. The smallest absolute Gasteiger partial charge is 0.303 e. The molecule has 106 valence electrons. The van der Waals surface area contributed by atoms with Crippen LogP contribution < -0.4 is 5.32 Å². The molecule has 1 saturated heterocycles. The number of Topliss-reactive ketones (excluding diaryl/α,β-unsaturated/α-hetero) is 1. The molecular weight excluding hydrogens is 272 g/mol. The Hall–Kier alpha value is -1.44. The molecule has 19 heavy (non-hydrogen) atoms. The van der Waals surface area contributed by atoms with Crippen molar-refractivity contribution in [1.82, 2.24) is 5.32 Å². The van der Waals surface area contributed by atoms with Crippen LogP contribution in [0, 0.1) is 10.8 Å². The summed E-state index contributed by atoms with van der Waals surface area (Å²) in [6, 6.07) is -0.746. The molecule has 0 saturated carbocycles. The first-order chi connectivity index (χ1) is 8.77. The SMILES string of the molecule is CC(C)(SN=O)C1CC(=O)C(CCC(=O)O)NC1=O. The van der Waals surface area contributed by atoms with E-state index in [-0.39, 0.29) is 31.0 Å². The first kappa shape index (κ1) is 15.6. The van der Waals surface area contributed by atoms with Crippen molar-refractivity contribution < 1.29 is 19.5 Å². The maximum absolute atomic E-state index is 11.9. The van der Waals surface area contributed by atoms with Gasteiger partial charge in [-0.05, 0) is 20.3 Å². The van der Waals surface area contributed by atoms with Gasteiger partial charge in [-0.15, -0.1) is 4.91 Å². The van der Waals surface area contributed by atoms with E-state index >= 15 is 0 Å². The van der Waals surface area contributed by atoms with Crippen LogP contribution in [0.4, 0.5) is 0 Å². The van der Waals surface area contributed by atoms with E-state index in [0.29, 0.717) is 0 Å². The Bertz CT molecular complexity index is 410. The summed E-state index contributed by atoms with van der Waals surface area (Å²) in [5.74, 6) is -2.18. The third-order valence-electron chi connectivity index (χ3n) is 3.19. The number of nitrogens with zero attached hydrogens (tertiary/aromatic N) is 1. The number of carbonyl (C=O) groups is 3. The van der Waals surface area contributed by atoms with Gasteiger partial charge in [-0.2, -0.15) is 0 Å². The molecule has 7 nitrogen and oxygen atoms in total. The summed E-state index contributed by atoms with van der Waals surface area (Å²) in [7, 11) is 0. The summed E-state index contributed by atoms with van der Waals surface area (Å²) in [4.78, 5) is 44.6. The van der Waals surface area contributed by atoms with E-state index in [1.807, 2.05) is 0 Å². The number of carboxylic acid groups (broad SMARTS) is 1. The number of rotatable bonds is 6. The van der Waals surface area contributed by atoms with Gasteiger partial charge in [0, 0.05) is 34.1 Å². The molecule has 1 rings (SSSR count). The predicted molar refractivity (Wildman–Crippen MR) is 69.4 cm³/mol. The third kappa shape index (κ3) is 4.02. The van der Waals surface area contributed by atoms with Crippen LogP contribution in [0.1, 0.15) is 33.1 Å². The third-order valence-corrected chi connectivity index (χ3v) is 4.02. The largest absolute Gasteiger partial charge is 0.481 e. The standard InChI is InChI=1S/C11H16N2O5S/c1-11(2,19-13-18)6-5-8(14)7(12-10(6)17)3-4-9(15)16/h6-7H,3-5H2,1-2H3,(H,12,17)(H,15,16). The summed E-state index contributed by atoms with van der Waals surface area (Å²) in [6.45, 7) is 3.35. The number of amides is 1. The highest BCUT2D eigenvalue weighted by Crippen LogP contribution is 2.37. The topological polar surface area (TPSA) is 113 Å². The van der Waals surface area contributed by atoms with E-state index < -0.39 is 22.7 Å². The van der Waals surface area contributed by atoms with E-state index in [4.69, 9.17) is 5.11 Å². The van der Waals surface area contributed by atoms with Gasteiger partial charge < -0.3 is 10.4 Å². The van der Waals surface area contributed by atoms with Crippen LogP contribution in [-0.4, -0.2) is 33.6 Å². The van der Waals surface area contributed by atoms with Crippen LogP contribution in [0.2, 0.25) is 0 Å². The van der Waals surface area contributed by atoms with Crippen LogP contribution in [0.25, 0.3) is 0 Å². The molecular formula is C11H16N2O5S. The van der Waals surface area contributed by atoms with E-state index in [9.17, 15) is 19.3 Å². The molecule has 1 aliphatic heterocycles. The molecule has 0 spiro atoms. The molecule has 1 amide bonds. The minimum atomic E-state index is -1.01. The highest BCUT2D eigenvalue weighted by molar-refractivity contribution is 7.99. The van der Waals surface area contributed by atoms with E-state index in [1.165, 1.54) is 0 Å². The number of ketones is 1. The second-order valence-electron chi connectivity index (χ2n) is 4.99. The zero-order valence-electron chi connectivity index (χ0n) is 10.7. The zero-order chi connectivity index (χ0) is 14.6. The van der Waals surface area contributed by atoms with Gasteiger partial charge in [-0.25, -0.2) is 0 Å². The lowest BCUT2D eigenvalue weighted by molar-refractivity contribution is -0.140. The number of carbonyl (C=O) groups excluding carboxylic acids is 2. The zero-order valence-corrected chi connectivity index (χ0v) is 11.5. The van der Waals surface area contributed by atoms with Crippen molar-refractivity contribution in [2.45, 2.75) is 43.9 Å². The molecule has 2 unspecified atom stereocenters. The Morgan fingerprint density at radius 2 is 2.16 bits per heavy atom. The quantitative estimate of drug-likeness (QED) is 0.559. The normalized spacial score (nSPS) is 23.9. The Labute approximate surface area is 114 Å². The maximum atomic E-state index is 11.9. The van der Waals surface area contributed by atoms with Crippen molar-refractivity contribution in [3.63, 3.8) is 0 Å². The first-order valence-corrected chi connectivity index (χ1v) is 6.61. The fourth-order valence-corrected chi connectivity index (χ4v) is 2.52. The van der Waals surface area contributed by atoms with Gasteiger partial charge in [0.15, 0.2) is 5.78 Å². The summed E-state index contributed by atoms with van der Waals surface area (Å²) in [5, 5.41) is 11.1. The minimum absolute atomic E-state index is 0.00559. The average Bonchev–Trinajstić information content (AvgIpc) is 2.29. The van der Waals surface area contributed by atoms with Crippen LogP contribution >= 0.6 is 11.9 Å². The van der Waals surface area contributed by atoms with E-state index in [2.05, 4.69) is 9.90 Å².